The molecule has 36 heavy (non-hydrogen) atoms. The van der Waals surface area contributed by atoms with Crippen LogP contribution >= 0.6 is 0 Å². The third-order valence-corrected chi connectivity index (χ3v) is 13.6. The monoisotopic (exact) mass is 500 g/mol. The van der Waals surface area contributed by atoms with Gasteiger partial charge in [-0.25, -0.2) is 0 Å². The fourth-order valence-electron chi connectivity index (χ4n) is 10.9. The molecule has 0 bridgehead atoms. The second kappa shape index (κ2) is 7.46. The van der Waals surface area contributed by atoms with Crippen molar-refractivity contribution in [2.75, 3.05) is 0 Å². The van der Waals surface area contributed by atoms with Crippen molar-refractivity contribution in [3.63, 3.8) is 0 Å². The van der Waals surface area contributed by atoms with E-state index in [4.69, 9.17) is 0 Å². The van der Waals surface area contributed by atoms with Crippen LogP contribution in [0.5, 0.6) is 0 Å². The maximum Gasteiger partial charge on any atom is 0.310 e. The lowest BCUT2D eigenvalue weighted by atomic mass is 9.32. The van der Waals surface area contributed by atoms with E-state index in [1.165, 1.54) is 0 Å². The molecule has 5 aliphatic rings. The molecule has 202 valence electrons. The highest BCUT2D eigenvalue weighted by Gasteiger charge is 2.72. The summed E-state index contributed by atoms with van der Waals surface area (Å²) in [6.45, 7) is 17.6. The predicted molar refractivity (Wildman–Crippen MR) is 139 cm³/mol. The van der Waals surface area contributed by atoms with Crippen molar-refractivity contribution in [3.8, 4) is 0 Å². The van der Waals surface area contributed by atoms with Gasteiger partial charge in [0.05, 0.1) is 17.6 Å². The lowest BCUT2D eigenvalue weighted by Crippen LogP contribution is -2.69. The summed E-state index contributed by atoms with van der Waals surface area (Å²) in [6.07, 6.45) is 5.48. The zero-order chi connectivity index (χ0) is 26.9. The van der Waals surface area contributed by atoms with Gasteiger partial charge in [-0.05, 0) is 95.9 Å². The Morgan fingerprint density at radius 1 is 0.944 bits per heavy atom. The van der Waals surface area contributed by atoms with Crippen molar-refractivity contribution in [2.45, 2.75) is 113 Å². The van der Waals surface area contributed by atoms with Crippen molar-refractivity contribution in [2.24, 2.45) is 56.2 Å². The van der Waals surface area contributed by atoms with E-state index in [1.807, 2.05) is 6.08 Å². The van der Waals surface area contributed by atoms with Gasteiger partial charge in [0.25, 0.3) is 0 Å². The number of rotatable bonds is 1. The third kappa shape index (κ3) is 2.91. The molecular weight excluding hydrogens is 452 g/mol. The Morgan fingerprint density at radius 3 is 2.17 bits per heavy atom. The summed E-state index contributed by atoms with van der Waals surface area (Å²) in [5.74, 6) is -0.660. The van der Waals surface area contributed by atoms with Crippen LogP contribution in [0.4, 0.5) is 0 Å². The normalized spacial score (nSPS) is 53.3. The number of aliphatic hydroxyl groups is 2. The maximum atomic E-state index is 14.3. The van der Waals surface area contributed by atoms with E-state index in [0.29, 0.717) is 19.3 Å². The first kappa shape index (κ1) is 26.4. The molecule has 5 nitrogen and oxygen atoms in total. The van der Waals surface area contributed by atoms with E-state index >= 15 is 0 Å². The number of hydrogen-bond acceptors (Lipinski definition) is 4. The van der Waals surface area contributed by atoms with Crippen molar-refractivity contribution in [1.82, 2.24) is 0 Å². The summed E-state index contributed by atoms with van der Waals surface area (Å²) in [5, 5.41) is 32.5. The summed E-state index contributed by atoms with van der Waals surface area (Å²) in [5.41, 5.74) is -1.17. The molecule has 4 fully saturated rings. The van der Waals surface area contributed by atoms with Gasteiger partial charge in [0.2, 0.25) is 0 Å². The zero-order valence-electron chi connectivity index (χ0n) is 23.6. The van der Waals surface area contributed by atoms with Crippen LogP contribution in [0.3, 0.4) is 0 Å². The van der Waals surface area contributed by atoms with E-state index in [1.54, 1.807) is 0 Å². The van der Waals surface area contributed by atoms with Gasteiger partial charge in [0.15, 0.2) is 5.78 Å². The first-order chi connectivity index (χ1) is 16.4. The average molecular weight is 501 g/mol. The Labute approximate surface area is 217 Å². The molecule has 0 aromatic heterocycles. The van der Waals surface area contributed by atoms with Crippen molar-refractivity contribution in [1.29, 1.82) is 0 Å². The van der Waals surface area contributed by atoms with Crippen molar-refractivity contribution in [3.05, 3.63) is 11.6 Å². The molecule has 1 unspecified atom stereocenters. The molecule has 0 amide bonds. The average Bonchev–Trinajstić information content (AvgIpc) is 2.75. The second-order valence-electron chi connectivity index (χ2n) is 15.5. The van der Waals surface area contributed by atoms with E-state index in [-0.39, 0.29) is 45.7 Å². The Hall–Kier alpha value is -1.20. The maximum absolute atomic E-state index is 14.3. The molecular formula is C31H48O5. The fourth-order valence-corrected chi connectivity index (χ4v) is 10.9. The van der Waals surface area contributed by atoms with Gasteiger partial charge in [-0.3, -0.25) is 9.59 Å². The summed E-state index contributed by atoms with van der Waals surface area (Å²) in [6, 6.07) is 0. The number of carboxylic acid groups (broad SMARTS) is 1. The topological polar surface area (TPSA) is 94.8 Å². The Morgan fingerprint density at radius 2 is 1.56 bits per heavy atom. The molecule has 0 spiro atoms. The van der Waals surface area contributed by atoms with Crippen LogP contribution in [0.15, 0.2) is 11.6 Å². The Bertz CT molecular complexity index is 1030. The number of fused-ring (bicyclic) bond motifs is 7. The van der Waals surface area contributed by atoms with Gasteiger partial charge in [-0.15, -0.1) is 0 Å². The number of aliphatic carboxylic acids is 1. The lowest BCUT2D eigenvalue weighted by Gasteiger charge is -2.71. The molecule has 5 aliphatic carbocycles. The molecule has 10 atom stereocenters. The van der Waals surface area contributed by atoms with Crippen molar-refractivity contribution >= 4 is 11.8 Å². The minimum atomic E-state index is -0.847. The number of hydrogen-bond donors (Lipinski definition) is 3. The SMILES string of the molecule is CC1[C@H]2C3=CC(=O)[C@@H]4[C@@]5(C)C[C@H](O)[C@@H](O)C(C)(C)[C@@H]5CC[C@@]4(C)[C@]3(C)CC[C@@]2(C(=O)O)CCC1(C)C. The van der Waals surface area contributed by atoms with E-state index < -0.39 is 34.4 Å². The van der Waals surface area contributed by atoms with E-state index in [0.717, 1.165) is 31.3 Å². The van der Waals surface area contributed by atoms with Gasteiger partial charge in [-0.2, -0.15) is 0 Å². The van der Waals surface area contributed by atoms with Gasteiger partial charge >= 0.3 is 5.97 Å². The number of carboxylic acids is 1. The number of allylic oxidation sites excluding steroid dienone is 2. The predicted octanol–water partition coefficient (Wildman–Crippen LogP) is 5.63. The second-order valence-corrected chi connectivity index (χ2v) is 15.5. The summed E-state index contributed by atoms with van der Waals surface area (Å²) < 4.78 is 0. The van der Waals surface area contributed by atoms with Crippen LogP contribution in [0.2, 0.25) is 0 Å². The molecule has 0 saturated heterocycles. The minimum absolute atomic E-state index is 0.0147. The zero-order valence-corrected chi connectivity index (χ0v) is 23.6. The third-order valence-electron chi connectivity index (χ3n) is 13.6. The van der Waals surface area contributed by atoms with Crippen LogP contribution in [0, 0.1) is 56.2 Å². The summed E-state index contributed by atoms with van der Waals surface area (Å²) in [7, 11) is 0. The van der Waals surface area contributed by atoms with E-state index in [2.05, 4.69) is 55.4 Å². The molecule has 0 aliphatic heterocycles. The number of ketones is 1. The largest absolute Gasteiger partial charge is 0.481 e. The molecule has 4 saturated carbocycles. The molecule has 0 radical (unpaired) electrons. The van der Waals surface area contributed by atoms with Gasteiger partial charge in [0.1, 0.15) is 0 Å². The lowest BCUT2D eigenvalue weighted by molar-refractivity contribution is -0.228. The first-order valence-corrected chi connectivity index (χ1v) is 14.3. The standard InChI is InChI=1S/C31H48O5/c1-17-22-18-15-19(32)23-28(6)16-20(33)24(34)27(4,5)21(28)9-10-30(23,8)29(18,7)12-14-31(22,25(35)36)13-11-26(17,2)3/h15,17,20-24,33-34H,9-14,16H2,1-8H3,(H,35,36)/t17?,20-,21-,22-,23+,24+,28-,29+,30+,31-/m0/s1. The van der Waals surface area contributed by atoms with Crippen LogP contribution in [-0.2, 0) is 9.59 Å². The number of carbonyl (C=O) groups excluding carboxylic acids is 1. The van der Waals surface area contributed by atoms with Gasteiger partial charge < -0.3 is 15.3 Å². The highest BCUT2D eigenvalue weighted by atomic mass is 16.4. The first-order valence-electron chi connectivity index (χ1n) is 14.3. The number of aliphatic hydroxyl groups excluding tert-OH is 2. The van der Waals surface area contributed by atoms with E-state index in [9.17, 15) is 24.9 Å². The molecule has 5 rings (SSSR count). The number of carbonyl (C=O) groups is 2. The Kier molecular flexibility index (Phi) is 5.48. The fraction of sp³-hybridized carbons (Fsp3) is 0.871. The molecule has 0 aromatic rings. The highest BCUT2D eigenvalue weighted by Crippen LogP contribution is 2.75. The van der Waals surface area contributed by atoms with Crippen LogP contribution in [0.25, 0.3) is 0 Å². The van der Waals surface area contributed by atoms with Crippen LogP contribution in [-0.4, -0.2) is 39.3 Å². The summed E-state index contributed by atoms with van der Waals surface area (Å²) >= 11 is 0. The van der Waals surface area contributed by atoms with Crippen LogP contribution in [0.1, 0.15) is 100 Å². The minimum Gasteiger partial charge on any atom is -0.481 e. The molecule has 0 aromatic carbocycles. The smallest absolute Gasteiger partial charge is 0.310 e. The molecule has 5 heteroatoms. The summed E-state index contributed by atoms with van der Waals surface area (Å²) in [4.78, 5) is 27.2. The highest BCUT2D eigenvalue weighted by molar-refractivity contribution is 5.96. The van der Waals surface area contributed by atoms with Gasteiger partial charge in [0, 0.05) is 5.92 Å². The molecule has 0 heterocycles. The van der Waals surface area contributed by atoms with Crippen molar-refractivity contribution < 1.29 is 24.9 Å². The van der Waals surface area contributed by atoms with Crippen LogP contribution < -0.4 is 0 Å². The molecule has 3 N–H and O–H groups in total. The van der Waals surface area contributed by atoms with Gasteiger partial charge in [-0.1, -0.05) is 61.0 Å². The Balaban J connectivity index is 1.69. The quantitative estimate of drug-likeness (QED) is 0.434.